The van der Waals surface area contributed by atoms with Gasteiger partial charge in [0.25, 0.3) is 5.91 Å². The van der Waals surface area contributed by atoms with Crippen LogP contribution in [0.4, 0.5) is 23.0 Å². The highest BCUT2D eigenvalue weighted by Crippen LogP contribution is 2.33. The Kier molecular flexibility index (Phi) is 6.65. The zero-order chi connectivity index (χ0) is 21.7. The summed E-state index contributed by atoms with van der Waals surface area (Å²) in [6, 6.07) is 9.78. The number of nitrogens with two attached hydrogens (primary N) is 1. The minimum absolute atomic E-state index is 0.179. The van der Waals surface area contributed by atoms with Crippen LogP contribution in [0.1, 0.15) is 10.4 Å². The van der Waals surface area contributed by atoms with Gasteiger partial charge in [0.15, 0.2) is 11.6 Å². The van der Waals surface area contributed by atoms with Crippen LogP contribution in [0.15, 0.2) is 42.7 Å². The molecule has 9 nitrogen and oxygen atoms in total. The van der Waals surface area contributed by atoms with Crippen molar-refractivity contribution >= 4 is 52.1 Å². The number of halogens is 2. The Morgan fingerprint density at radius 2 is 1.80 bits per heavy atom. The van der Waals surface area contributed by atoms with E-state index in [-0.39, 0.29) is 22.1 Å². The molecule has 3 rings (SSSR count). The van der Waals surface area contributed by atoms with Gasteiger partial charge in [-0.1, -0.05) is 23.2 Å². The topological polar surface area (TPSA) is 123 Å². The quantitative estimate of drug-likeness (QED) is 0.401. The summed E-state index contributed by atoms with van der Waals surface area (Å²) in [5.74, 6) is 1.20. The first kappa shape index (κ1) is 21.3. The van der Waals surface area contributed by atoms with Gasteiger partial charge < -0.3 is 20.5 Å². The number of amides is 1. The number of hydrogen-bond acceptors (Lipinski definition) is 8. The fourth-order valence-corrected chi connectivity index (χ4v) is 2.98. The van der Waals surface area contributed by atoms with Crippen molar-refractivity contribution in [2.45, 2.75) is 0 Å². The molecule has 0 fully saturated rings. The number of rotatable bonds is 7. The number of nitrogen functional groups attached to an aromatic ring is 1. The largest absolute Gasteiger partial charge is 0.497 e. The van der Waals surface area contributed by atoms with Gasteiger partial charge in [-0.25, -0.2) is 9.97 Å². The van der Waals surface area contributed by atoms with Gasteiger partial charge in [0.1, 0.15) is 23.5 Å². The number of benzene rings is 2. The monoisotopic (exact) mass is 448 g/mol. The fourth-order valence-electron chi connectivity index (χ4n) is 2.48. The molecule has 0 bridgehead atoms. The molecule has 0 atom stereocenters. The van der Waals surface area contributed by atoms with Crippen LogP contribution in [-0.4, -0.2) is 30.1 Å². The number of carbonyl (C=O) groups excluding carboxylic acids is 1. The second-order valence-corrected chi connectivity index (χ2v) is 6.72. The third kappa shape index (κ3) is 4.76. The summed E-state index contributed by atoms with van der Waals surface area (Å²) in [6.45, 7) is 0. The second kappa shape index (κ2) is 9.38. The summed E-state index contributed by atoms with van der Waals surface area (Å²) in [4.78, 5) is 20.5. The van der Waals surface area contributed by atoms with E-state index in [1.165, 1.54) is 25.6 Å². The third-order valence-electron chi connectivity index (χ3n) is 4.02. The molecule has 0 saturated carbocycles. The highest BCUT2D eigenvalue weighted by Gasteiger charge is 2.14. The molecule has 0 spiro atoms. The molecule has 0 aliphatic rings. The lowest BCUT2D eigenvalue weighted by molar-refractivity contribution is 0.0962. The Bertz CT molecular complexity index is 1080. The molecule has 0 unspecified atom stereocenters. The molecule has 1 aromatic heterocycles. The second-order valence-electron chi connectivity index (χ2n) is 5.88. The van der Waals surface area contributed by atoms with Crippen molar-refractivity contribution in [3.05, 3.63) is 58.3 Å². The van der Waals surface area contributed by atoms with Crippen molar-refractivity contribution in [3.8, 4) is 11.5 Å². The third-order valence-corrected chi connectivity index (χ3v) is 4.56. The fraction of sp³-hybridized carbons (Fsp3) is 0.105. The van der Waals surface area contributed by atoms with Gasteiger partial charge in [0.05, 0.1) is 30.5 Å². The molecule has 0 saturated heterocycles. The average Bonchev–Trinajstić information content (AvgIpc) is 2.74. The highest BCUT2D eigenvalue weighted by atomic mass is 35.5. The SMILES string of the molecule is COc1ccc(Nc2ncnc(NNC(=O)c3ccc(Cl)cc3Cl)c2N)c(OC)c1. The maximum atomic E-state index is 12.4. The molecule has 5 N–H and O–H groups in total. The summed E-state index contributed by atoms with van der Waals surface area (Å²) >= 11 is 11.9. The lowest BCUT2D eigenvalue weighted by Crippen LogP contribution is -2.30. The van der Waals surface area contributed by atoms with Crippen molar-refractivity contribution in [2.24, 2.45) is 0 Å². The van der Waals surface area contributed by atoms with Crippen LogP contribution in [0.25, 0.3) is 0 Å². The summed E-state index contributed by atoms with van der Waals surface area (Å²) in [5.41, 5.74) is 12.3. The van der Waals surface area contributed by atoms with Crippen LogP contribution >= 0.6 is 23.2 Å². The van der Waals surface area contributed by atoms with E-state index >= 15 is 0 Å². The minimum Gasteiger partial charge on any atom is -0.497 e. The lowest BCUT2D eigenvalue weighted by atomic mass is 10.2. The molecule has 156 valence electrons. The summed E-state index contributed by atoms with van der Waals surface area (Å²) in [5, 5.41) is 3.71. The van der Waals surface area contributed by atoms with Gasteiger partial charge >= 0.3 is 0 Å². The molecule has 11 heteroatoms. The minimum atomic E-state index is -0.485. The Morgan fingerprint density at radius 1 is 1.03 bits per heavy atom. The van der Waals surface area contributed by atoms with E-state index in [2.05, 4.69) is 26.1 Å². The number of hydrazine groups is 1. The van der Waals surface area contributed by atoms with Gasteiger partial charge in [-0.15, -0.1) is 0 Å². The summed E-state index contributed by atoms with van der Waals surface area (Å²) < 4.78 is 10.5. The number of methoxy groups -OCH3 is 2. The molecule has 2 aromatic carbocycles. The predicted molar refractivity (Wildman–Crippen MR) is 117 cm³/mol. The first-order chi connectivity index (χ1) is 14.4. The van der Waals surface area contributed by atoms with E-state index in [1.807, 2.05) is 0 Å². The van der Waals surface area contributed by atoms with Crippen LogP contribution in [0.3, 0.4) is 0 Å². The van der Waals surface area contributed by atoms with Gasteiger partial charge in [-0.2, -0.15) is 0 Å². The van der Waals surface area contributed by atoms with Crippen molar-refractivity contribution in [1.29, 1.82) is 0 Å². The van der Waals surface area contributed by atoms with Crippen molar-refractivity contribution < 1.29 is 14.3 Å². The van der Waals surface area contributed by atoms with Crippen LogP contribution in [0, 0.1) is 0 Å². The zero-order valence-corrected chi connectivity index (χ0v) is 17.5. The molecular weight excluding hydrogens is 431 g/mol. The zero-order valence-electron chi connectivity index (χ0n) is 16.0. The number of anilines is 4. The maximum Gasteiger partial charge on any atom is 0.271 e. The Hall–Kier alpha value is -3.43. The predicted octanol–water partition coefficient (Wildman–Crippen LogP) is 3.88. The maximum absolute atomic E-state index is 12.4. The van der Waals surface area contributed by atoms with Crippen molar-refractivity contribution in [2.75, 3.05) is 30.7 Å². The Balaban J connectivity index is 1.76. The molecule has 0 aliphatic heterocycles. The number of carbonyl (C=O) groups is 1. The van der Waals surface area contributed by atoms with Gasteiger partial charge in [-0.3, -0.25) is 15.6 Å². The molecular formula is C19H18Cl2N6O3. The summed E-state index contributed by atoms with van der Waals surface area (Å²) in [7, 11) is 3.10. The van der Waals surface area contributed by atoms with Crippen LogP contribution in [0.5, 0.6) is 11.5 Å². The van der Waals surface area contributed by atoms with Crippen LogP contribution in [0.2, 0.25) is 10.0 Å². The van der Waals surface area contributed by atoms with Crippen LogP contribution < -0.4 is 31.4 Å². The first-order valence-electron chi connectivity index (χ1n) is 8.54. The van der Waals surface area contributed by atoms with E-state index in [1.54, 1.807) is 31.4 Å². The van der Waals surface area contributed by atoms with E-state index < -0.39 is 5.91 Å². The molecule has 3 aromatic rings. The van der Waals surface area contributed by atoms with E-state index in [0.29, 0.717) is 28.0 Å². The van der Waals surface area contributed by atoms with E-state index in [0.717, 1.165) is 0 Å². The van der Waals surface area contributed by atoms with E-state index in [4.69, 9.17) is 38.4 Å². The lowest BCUT2D eigenvalue weighted by Gasteiger charge is -2.15. The molecule has 30 heavy (non-hydrogen) atoms. The van der Waals surface area contributed by atoms with Crippen molar-refractivity contribution in [3.63, 3.8) is 0 Å². The number of nitrogens with zero attached hydrogens (tertiary/aromatic N) is 2. The molecule has 0 aliphatic carbocycles. The molecule has 1 amide bonds. The van der Waals surface area contributed by atoms with Crippen LogP contribution in [-0.2, 0) is 0 Å². The first-order valence-corrected chi connectivity index (χ1v) is 9.29. The van der Waals surface area contributed by atoms with Gasteiger partial charge in [0, 0.05) is 11.1 Å². The molecule has 1 heterocycles. The number of aromatic nitrogens is 2. The Morgan fingerprint density at radius 3 is 2.50 bits per heavy atom. The smallest absolute Gasteiger partial charge is 0.271 e. The number of hydrogen-bond donors (Lipinski definition) is 4. The summed E-state index contributed by atoms with van der Waals surface area (Å²) in [6.07, 6.45) is 1.29. The molecule has 0 radical (unpaired) electrons. The van der Waals surface area contributed by atoms with Gasteiger partial charge in [0.2, 0.25) is 0 Å². The highest BCUT2D eigenvalue weighted by molar-refractivity contribution is 6.36. The number of ether oxygens (including phenoxy) is 2. The van der Waals surface area contributed by atoms with E-state index in [9.17, 15) is 4.79 Å². The average molecular weight is 449 g/mol. The van der Waals surface area contributed by atoms with Gasteiger partial charge in [-0.05, 0) is 30.3 Å². The Labute approximate surface area is 182 Å². The van der Waals surface area contributed by atoms with Crippen molar-refractivity contribution in [1.82, 2.24) is 15.4 Å². The number of nitrogens with one attached hydrogen (secondary N) is 3. The normalized spacial score (nSPS) is 10.3. The standard InChI is InChI=1S/C19H18Cl2N6O3/c1-29-11-4-6-14(15(8-11)30-2)25-17-16(22)18(24-9-23-17)26-27-19(28)12-5-3-10(20)7-13(12)21/h3-9H,22H2,1-2H3,(H,27,28)(H2,23,24,25,26).